The Bertz CT molecular complexity index is 1100. The van der Waals surface area contributed by atoms with E-state index in [4.69, 9.17) is 0 Å². The lowest BCUT2D eigenvalue weighted by Gasteiger charge is -2.35. The van der Waals surface area contributed by atoms with Gasteiger partial charge in [0.15, 0.2) is 0 Å². The van der Waals surface area contributed by atoms with Crippen molar-refractivity contribution in [2.24, 2.45) is 0 Å². The van der Waals surface area contributed by atoms with Gasteiger partial charge in [0.2, 0.25) is 0 Å². The van der Waals surface area contributed by atoms with Crippen LogP contribution in [0.5, 0.6) is 0 Å². The van der Waals surface area contributed by atoms with E-state index in [1.807, 2.05) is 35.2 Å². The predicted molar refractivity (Wildman–Crippen MR) is 141 cm³/mol. The van der Waals surface area contributed by atoms with Crippen molar-refractivity contribution in [1.29, 1.82) is 0 Å². The highest BCUT2D eigenvalue weighted by Crippen LogP contribution is 2.29. The first-order chi connectivity index (χ1) is 18.7. The van der Waals surface area contributed by atoms with Crippen LogP contribution in [-0.2, 0) is 6.18 Å². The first-order valence-electron chi connectivity index (χ1n) is 13.1. The van der Waals surface area contributed by atoms with Crippen molar-refractivity contribution in [2.45, 2.75) is 24.9 Å². The Balaban J connectivity index is 1.10. The van der Waals surface area contributed by atoms with Crippen molar-refractivity contribution < 1.29 is 27.9 Å². The lowest BCUT2D eigenvalue weighted by atomic mass is 10.1. The van der Waals surface area contributed by atoms with E-state index in [0.717, 1.165) is 63.5 Å². The van der Waals surface area contributed by atoms with Gasteiger partial charge in [-0.1, -0.05) is 24.3 Å². The minimum Gasteiger partial charge on any atom is -0.377 e. The minimum absolute atomic E-state index is 0.0454. The van der Waals surface area contributed by atoms with Crippen LogP contribution in [0.25, 0.3) is 0 Å². The number of aliphatic hydroxyl groups is 1. The molecule has 2 aromatic rings. The van der Waals surface area contributed by atoms with Gasteiger partial charge < -0.3 is 25.5 Å². The molecule has 2 fully saturated rings. The fourth-order valence-electron chi connectivity index (χ4n) is 4.81. The topological polar surface area (TPSA) is 100 Å². The van der Waals surface area contributed by atoms with Gasteiger partial charge in [-0.15, -0.1) is 0 Å². The van der Waals surface area contributed by atoms with E-state index in [-0.39, 0.29) is 24.2 Å². The Kier molecular flexibility index (Phi) is 9.78. The first kappa shape index (κ1) is 28.8. The fourth-order valence-corrected chi connectivity index (χ4v) is 4.81. The largest absolute Gasteiger partial charge is 0.416 e. The molecule has 2 aliphatic rings. The normalized spacial score (nSPS) is 19.6. The van der Waals surface area contributed by atoms with Crippen molar-refractivity contribution in [1.82, 2.24) is 25.3 Å². The number of hydrogen-bond donors (Lipinski definition) is 4. The van der Waals surface area contributed by atoms with E-state index in [2.05, 4.69) is 25.8 Å². The lowest BCUT2D eigenvalue weighted by Crippen LogP contribution is -2.51. The molecule has 9 nitrogen and oxygen atoms in total. The van der Waals surface area contributed by atoms with Gasteiger partial charge in [0.25, 0.3) is 5.91 Å². The van der Waals surface area contributed by atoms with E-state index in [1.165, 1.54) is 12.1 Å². The second-order valence-corrected chi connectivity index (χ2v) is 9.88. The number of anilines is 1. The maximum absolute atomic E-state index is 12.9. The number of alkyl halides is 3. The van der Waals surface area contributed by atoms with Gasteiger partial charge in [-0.25, -0.2) is 4.79 Å². The molecule has 2 heterocycles. The summed E-state index contributed by atoms with van der Waals surface area (Å²) in [6.45, 7) is 6.21. The van der Waals surface area contributed by atoms with E-state index < -0.39 is 23.9 Å². The maximum Gasteiger partial charge on any atom is 0.416 e. The van der Waals surface area contributed by atoms with Crippen molar-refractivity contribution >= 4 is 17.6 Å². The molecule has 0 aliphatic carbocycles. The summed E-state index contributed by atoms with van der Waals surface area (Å²) in [5.41, 5.74) is -0.220. The average Bonchev–Trinajstić information content (AvgIpc) is 3.38. The molecule has 0 bridgehead atoms. The summed E-state index contributed by atoms with van der Waals surface area (Å²) in [6, 6.07) is 13.6. The number of carbonyl (C=O) groups excluding carboxylic acids is 2. The van der Waals surface area contributed by atoms with E-state index in [9.17, 15) is 27.9 Å². The number of nitrogens with zero attached hydrogens (tertiary/aromatic N) is 3. The molecule has 2 saturated heterocycles. The molecule has 0 aromatic heterocycles. The van der Waals surface area contributed by atoms with Crippen molar-refractivity contribution in [3.8, 4) is 0 Å². The highest BCUT2D eigenvalue weighted by atomic mass is 19.4. The summed E-state index contributed by atoms with van der Waals surface area (Å²) >= 11 is 0. The molecule has 2 aromatic carbocycles. The number of likely N-dealkylation sites (tertiary alicyclic amines) is 1. The third-order valence-electron chi connectivity index (χ3n) is 7.03. The number of amides is 3. The van der Waals surface area contributed by atoms with E-state index in [0.29, 0.717) is 13.1 Å². The molecule has 4 N–H and O–H groups in total. The molecule has 2 aliphatic heterocycles. The van der Waals surface area contributed by atoms with Gasteiger partial charge >= 0.3 is 12.2 Å². The van der Waals surface area contributed by atoms with Crippen LogP contribution in [0.4, 0.5) is 23.7 Å². The highest BCUT2D eigenvalue weighted by Gasteiger charge is 2.31. The molecule has 39 heavy (non-hydrogen) atoms. The molecule has 12 heteroatoms. The van der Waals surface area contributed by atoms with Crippen LogP contribution in [-0.4, -0.2) is 103 Å². The van der Waals surface area contributed by atoms with Gasteiger partial charge in [-0.05, 0) is 43.3 Å². The predicted octanol–water partition coefficient (Wildman–Crippen LogP) is 2.27. The van der Waals surface area contributed by atoms with Crippen LogP contribution in [0.3, 0.4) is 0 Å². The molecule has 2 atom stereocenters. The first-order valence-corrected chi connectivity index (χ1v) is 13.1. The molecule has 3 amide bonds. The number of aliphatic hydroxyl groups excluding tert-OH is 1. The molecule has 0 spiro atoms. The SMILES string of the molecule is O=C(NCC(O)N[C@@H]1CCN(CCN2CCN(C(=O)Nc3ccccc3)CC2)C1)c1cccc(C(F)(F)F)c1. The van der Waals surface area contributed by atoms with Crippen LogP contribution >= 0.6 is 0 Å². The average molecular weight is 549 g/mol. The monoisotopic (exact) mass is 548 g/mol. The number of urea groups is 1. The van der Waals surface area contributed by atoms with Crippen molar-refractivity contribution in [3.05, 3.63) is 65.7 Å². The Morgan fingerprint density at radius 3 is 2.38 bits per heavy atom. The molecular formula is C27H35F3N6O3. The van der Waals surface area contributed by atoms with E-state index in [1.54, 1.807) is 0 Å². The summed E-state index contributed by atoms with van der Waals surface area (Å²) in [5, 5.41) is 18.8. The third kappa shape index (κ3) is 8.65. The van der Waals surface area contributed by atoms with Gasteiger partial charge in [0.1, 0.15) is 6.23 Å². The second-order valence-electron chi connectivity index (χ2n) is 9.88. The molecule has 4 rings (SSSR count). The second kappa shape index (κ2) is 13.2. The number of para-hydroxylation sites is 1. The van der Waals surface area contributed by atoms with Crippen LogP contribution in [0.15, 0.2) is 54.6 Å². The number of piperazine rings is 1. The standard InChI is InChI=1S/C27H35F3N6O3/c28-27(29,30)21-6-4-5-20(17-21)25(38)31-18-24(37)32-23-9-10-35(19-23)12-11-34-13-15-36(16-14-34)26(39)33-22-7-2-1-3-8-22/h1-8,17,23-24,32,37H,9-16,18-19H2,(H,31,38)(H,33,39)/t23-,24?/m1/s1. The number of benzene rings is 2. The van der Waals surface area contributed by atoms with Crippen LogP contribution < -0.4 is 16.0 Å². The van der Waals surface area contributed by atoms with Gasteiger partial charge in [0, 0.05) is 63.1 Å². The van der Waals surface area contributed by atoms with Gasteiger partial charge in [-0.3, -0.25) is 15.0 Å². The van der Waals surface area contributed by atoms with Gasteiger partial charge in [-0.2, -0.15) is 13.2 Å². The number of halogens is 3. The Morgan fingerprint density at radius 1 is 0.949 bits per heavy atom. The fraction of sp³-hybridized carbons (Fsp3) is 0.481. The molecule has 212 valence electrons. The number of hydrogen-bond acceptors (Lipinski definition) is 6. The maximum atomic E-state index is 12.9. The molecule has 1 unspecified atom stereocenters. The third-order valence-corrected chi connectivity index (χ3v) is 7.03. The summed E-state index contributed by atoms with van der Waals surface area (Å²) in [6.07, 6.45) is -4.70. The zero-order valence-electron chi connectivity index (χ0n) is 21.7. The molecule has 0 saturated carbocycles. The van der Waals surface area contributed by atoms with Crippen molar-refractivity contribution in [3.63, 3.8) is 0 Å². The Hall–Kier alpha value is -3.19. The number of carbonyl (C=O) groups is 2. The summed E-state index contributed by atoms with van der Waals surface area (Å²) in [4.78, 5) is 31.2. The quantitative estimate of drug-likeness (QED) is 0.359. The van der Waals surface area contributed by atoms with Crippen LogP contribution in [0, 0.1) is 0 Å². The van der Waals surface area contributed by atoms with Gasteiger partial charge in [0.05, 0.1) is 12.1 Å². The van der Waals surface area contributed by atoms with Crippen LogP contribution in [0.1, 0.15) is 22.3 Å². The van der Waals surface area contributed by atoms with Crippen LogP contribution in [0.2, 0.25) is 0 Å². The highest BCUT2D eigenvalue weighted by molar-refractivity contribution is 5.94. The summed E-state index contributed by atoms with van der Waals surface area (Å²) in [7, 11) is 0. The summed E-state index contributed by atoms with van der Waals surface area (Å²) in [5.74, 6) is -0.673. The molecular weight excluding hydrogens is 513 g/mol. The minimum atomic E-state index is -4.53. The number of rotatable bonds is 9. The molecule has 0 radical (unpaired) electrons. The Labute approximate surface area is 225 Å². The van der Waals surface area contributed by atoms with E-state index >= 15 is 0 Å². The number of nitrogens with one attached hydrogen (secondary N) is 3. The summed E-state index contributed by atoms with van der Waals surface area (Å²) < 4.78 is 38.6. The zero-order chi connectivity index (χ0) is 27.8. The van der Waals surface area contributed by atoms with Crippen molar-refractivity contribution in [2.75, 3.05) is 64.2 Å². The Morgan fingerprint density at radius 2 is 1.67 bits per heavy atom. The zero-order valence-corrected chi connectivity index (χ0v) is 21.7. The lowest BCUT2D eigenvalue weighted by molar-refractivity contribution is -0.137. The smallest absolute Gasteiger partial charge is 0.377 e.